The number of benzene rings is 3. The molecule has 3 aromatic carbocycles. The molecule has 10 nitrogen and oxygen atoms in total. The van der Waals surface area contributed by atoms with Gasteiger partial charge in [-0.2, -0.15) is 0 Å². The van der Waals surface area contributed by atoms with E-state index in [2.05, 4.69) is 15.5 Å². The molecule has 3 N–H and O–H groups in total. The van der Waals surface area contributed by atoms with Crippen LogP contribution in [0.25, 0.3) is 0 Å². The average Bonchev–Trinajstić information content (AvgIpc) is 2.98. The van der Waals surface area contributed by atoms with E-state index in [0.29, 0.717) is 52.2 Å². The number of hydrogen-bond donors (Lipinski definition) is 3. The maximum Gasteiger partial charge on any atom is 0.305 e. The van der Waals surface area contributed by atoms with Gasteiger partial charge in [0.2, 0.25) is 0 Å². The van der Waals surface area contributed by atoms with Gasteiger partial charge in [0.15, 0.2) is 11.5 Å². The standard InChI is InChI=1S/C31H33Cl2N3O7/c1-17-15-43-16-18(2)36(17)26-9-6-20(12-25(26)35-31(40)21-7-10-27(41-3)28(13-21)42-4)30(39)34-24(14-29(37)38)19-5-8-22(32)23(33)11-19/h5-13,17-18,24H,14-16H2,1-4H3,(H,34,39)(H,35,40)(H,37,38). The van der Waals surface area contributed by atoms with E-state index in [1.165, 1.54) is 20.3 Å². The number of anilines is 2. The van der Waals surface area contributed by atoms with Crippen LogP contribution in [0, 0.1) is 0 Å². The summed E-state index contributed by atoms with van der Waals surface area (Å²) in [6.07, 6.45) is -0.381. The normalized spacial score (nSPS) is 17.1. The largest absolute Gasteiger partial charge is 0.493 e. The molecule has 43 heavy (non-hydrogen) atoms. The molecule has 0 bridgehead atoms. The van der Waals surface area contributed by atoms with Gasteiger partial charge in [0.05, 0.1) is 61.3 Å². The van der Waals surface area contributed by atoms with Crippen molar-refractivity contribution in [3.05, 3.63) is 81.3 Å². The highest BCUT2D eigenvalue weighted by atomic mass is 35.5. The molecule has 2 amide bonds. The zero-order valence-corrected chi connectivity index (χ0v) is 25.7. The number of ether oxygens (including phenoxy) is 3. The van der Waals surface area contributed by atoms with E-state index in [1.807, 2.05) is 13.8 Å². The molecule has 3 aromatic rings. The van der Waals surface area contributed by atoms with E-state index in [9.17, 15) is 19.5 Å². The number of aliphatic carboxylic acids is 1. The molecule has 0 spiro atoms. The van der Waals surface area contributed by atoms with Crippen molar-refractivity contribution >= 4 is 52.4 Å². The van der Waals surface area contributed by atoms with Crippen LogP contribution >= 0.6 is 23.2 Å². The van der Waals surface area contributed by atoms with E-state index in [4.69, 9.17) is 37.4 Å². The summed E-state index contributed by atoms with van der Waals surface area (Å²) in [7, 11) is 2.99. The van der Waals surface area contributed by atoms with Gasteiger partial charge in [0.25, 0.3) is 11.8 Å². The molecule has 3 unspecified atom stereocenters. The van der Waals surface area contributed by atoms with E-state index >= 15 is 0 Å². The zero-order chi connectivity index (χ0) is 31.3. The van der Waals surface area contributed by atoms with Gasteiger partial charge < -0.3 is 34.9 Å². The predicted molar refractivity (Wildman–Crippen MR) is 165 cm³/mol. The molecule has 1 heterocycles. The number of carbonyl (C=O) groups is 3. The first-order valence-corrected chi connectivity index (χ1v) is 14.3. The minimum absolute atomic E-state index is 0.00485. The lowest BCUT2D eigenvalue weighted by Gasteiger charge is -2.41. The zero-order valence-electron chi connectivity index (χ0n) is 24.1. The number of carboxylic acids is 1. The first-order chi connectivity index (χ1) is 20.5. The summed E-state index contributed by atoms with van der Waals surface area (Å²) < 4.78 is 16.3. The quantitative estimate of drug-likeness (QED) is 0.256. The van der Waals surface area contributed by atoms with E-state index < -0.39 is 23.8 Å². The van der Waals surface area contributed by atoms with Crippen molar-refractivity contribution in [3.63, 3.8) is 0 Å². The van der Waals surface area contributed by atoms with E-state index in [0.717, 1.165) is 0 Å². The summed E-state index contributed by atoms with van der Waals surface area (Å²) in [4.78, 5) is 40.7. The molecule has 3 atom stereocenters. The Labute approximate surface area is 259 Å². The van der Waals surface area contributed by atoms with Gasteiger partial charge in [-0.3, -0.25) is 14.4 Å². The molecule has 4 rings (SSSR count). The average molecular weight is 631 g/mol. The van der Waals surface area contributed by atoms with Crippen LogP contribution in [-0.4, -0.2) is 62.4 Å². The second-order valence-electron chi connectivity index (χ2n) is 10.2. The van der Waals surface area contributed by atoms with Crippen LogP contribution < -0.4 is 25.0 Å². The monoisotopic (exact) mass is 629 g/mol. The van der Waals surface area contributed by atoms with Crippen molar-refractivity contribution in [2.75, 3.05) is 37.7 Å². The topological polar surface area (TPSA) is 126 Å². The first kappa shape index (κ1) is 31.9. The van der Waals surface area contributed by atoms with Crippen LogP contribution in [-0.2, 0) is 9.53 Å². The van der Waals surface area contributed by atoms with Crippen molar-refractivity contribution in [2.45, 2.75) is 38.4 Å². The van der Waals surface area contributed by atoms with Crippen LogP contribution in [0.3, 0.4) is 0 Å². The SMILES string of the molecule is COc1ccc(C(=O)Nc2cc(C(=O)NC(CC(=O)O)c3ccc(Cl)c(Cl)c3)ccc2N2C(C)COCC2C)cc1OC. The highest BCUT2D eigenvalue weighted by Gasteiger charge is 2.29. The molecular formula is C31H33Cl2N3O7. The van der Waals surface area contributed by atoms with Gasteiger partial charge in [0.1, 0.15) is 0 Å². The molecule has 0 saturated carbocycles. The van der Waals surface area contributed by atoms with Gasteiger partial charge in [-0.1, -0.05) is 29.3 Å². The number of halogens is 2. The maximum atomic E-state index is 13.5. The Hall–Kier alpha value is -3.99. The van der Waals surface area contributed by atoms with Crippen LogP contribution in [0.1, 0.15) is 52.6 Å². The second kappa shape index (κ2) is 14.0. The highest BCUT2D eigenvalue weighted by molar-refractivity contribution is 6.42. The molecular weight excluding hydrogens is 597 g/mol. The number of carbonyl (C=O) groups excluding carboxylic acids is 2. The fourth-order valence-corrected chi connectivity index (χ4v) is 5.36. The Bertz CT molecular complexity index is 1510. The summed E-state index contributed by atoms with van der Waals surface area (Å²) in [6, 6.07) is 13.6. The van der Waals surface area contributed by atoms with Gasteiger partial charge in [-0.05, 0) is 67.9 Å². The molecule has 0 radical (unpaired) electrons. The van der Waals surface area contributed by atoms with Crippen molar-refractivity contribution in [3.8, 4) is 11.5 Å². The molecule has 1 saturated heterocycles. The van der Waals surface area contributed by atoms with Gasteiger partial charge in [0, 0.05) is 23.2 Å². The van der Waals surface area contributed by atoms with Crippen LogP contribution in [0.15, 0.2) is 54.6 Å². The number of nitrogens with zero attached hydrogens (tertiary/aromatic N) is 1. The lowest BCUT2D eigenvalue weighted by Crippen LogP contribution is -2.50. The third kappa shape index (κ3) is 7.51. The van der Waals surface area contributed by atoms with Gasteiger partial charge >= 0.3 is 5.97 Å². The highest BCUT2D eigenvalue weighted by Crippen LogP contribution is 2.34. The fourth-order valence-electron chi connectivity index (χ4n) is 5.05. The Morgan fingerprint density at radius 1 is 0.907 bits per heavy atom. The number of methoxy groups -OCH3 is 2. The lowest BCUT2D eigenvalue weighted by atomic mass is 10.0. The molecule has 1 aliphatic heterocycles. The van der Waals surface area contributed by atoms with Crippen LogP contribution in [0.5, 0.6) is 11.5 Å². The van der Waals surface area contributed by atoms with Crippen LogP contribution in [0.2, 0.25) is 10.0 Å². The van der Waals surface area contributed by atoms with Gasteiger partial charge in [-0.25, -0.2) is 0 Å². The Balaban J connectivity index is 1.70. The minimum atomic E-state index is -1.11. The number of carboxylic acid groups (broad SMARTS) is 1. The van der Waals surface area contributed by atoms with E-state index in [1.54, 1.807) is 48.5 Å². The molecule has 0 aliphatic carbocycles. The molecule has 1 aliphatic rings. The summed E-state index contributed by atoms with van der Waals surface area (Å²) >= 11 is 12.2. The summed E-state index contributed by atoms with van der Waals surface area (Å²) in [5.41, 5.74) is 2.13. The number of amides is 2. The predicted octanol–water partition coefficient (Wildman–Crippen LogP) is 5.82. The number of hydrogen-bond acceptors (Lipinski definition) is 7. The fraction of sp³-hybridized carbons (Fsp3) is 0.323. The maximum absolute atomic E-state index is 13.5. The second-order valence-corrected chi connectivity index (χ2v) is 11.0. The van der Waals surface area contributed by atoms with Crippen molar-refractivity contribution in [1.29, 1.82) is 0 Å². The van der Waals surface area contributed by atoms with E-state index in [-0.39, 0.29) is 29.1 Å². The Kier molecular flexibility index (Phi) is 10.4. The summed E-state index contributed by atoms with van der Waals surface area (Å²) in [5.74, 6) is -1.19. The lowest BCUT2D eigenvalue weighted by molar-refractivity contribution is -0.137. The third-order valence-corrected chi connectivity index (χ3v) is 7.87. The van der Waals surface area contributed by atoms with Gasteiger partial charge in [-0.15, -0.1) is 0 Å². The van der Waals surface area contributed by atoms with Crippen molar-refractivity contribution in [1.82, 2.24) is 5.32 Å². The molecule has 0 aromatic heterocycles. The summed E-state index contributed by atoms with van der Waals surface area (Å²) in [6.45, 7) is 5.03. The molecule has 12 heteroatoms. The Morgan fingerprint density at radius 3 is 2.19 bits per heavy atom. The number of morpholine rings is 1. The minimum Gasteiger partial charge on any atom is -0.493 e. The molecule has 228 valence electrons. The van der Waals surface area contributed by atoms with Crippen molar-refractivity contribution in [2.24, 2.45) is 0 Å². The van der Waals surface area contributed by atoms with Crippen molar-refractivity contribution < 1.29 is 33.7 Å². The van der Waals surface area contributed by atoms with Crippen LogP contribution in [0.4, 0.5) is 11.4 Å². The number of nitrogens with one attached hydrogen (secondary N) is 2. The first-order valence-electron chi connectivity index (χ1n) is 13.5. The third-order valence-electron chi connectivity index (χ3n) is 7.13. The smallest absolute Gasteiger partial charge is 0.305 e. The molecule has 1 fully saturated rings. The Morgan fingerprint density at radius 2 is 1.56 bits per heavy atom. The summed E-state index contributed by atoms with van der Waals surface area (Å²) in [5, 5.41) is 15.8. The number of rotatable bonds is 10.